The van der Waals surface area contributed by atoms with E-state index in [1.165, 1.54) is 19.7 Å². The summed E-state index contributed by atoms with van der Waals surface area (Å²) in [5, 5.41) is 0. The van der Waals surface area contributed by atoms with Crippen LogP contribution in [0.5, 0.6) is 0 Å². The summed E-state index contributed by atoms with van der Waals surface area (Å²) in [6.07, 6.45) is 0.870. The lowest BCUT2D eigenvalue weighted by Crippen LogP contribution is -2.39. The molecule has 22 heavy (non-hydrogen) atoms. The molecule has 6 nitrogen and oxygen atoms in total. The van der Waals surface area contributed by atoms with Crippen LogP contribution in [0.2, 0.25) is 0 Å². The van der Waals surface area contributed by atoms with Gasteiger partial charge in [0.2, 0.25) is 0 Å². The van der Waals surface area contributed by atoms with Crippen molar-refractivity contribution in [2.45, 2.75) is 32.9 Å². The van der Waals surface area contributed by atoms with Gasteiger partial charge in [-0.2, -0.15) is 12.7 Å². The molecule has 2 rings (SSSR count). The third kappa shape index (κ3) is 3.66. The Hall–Kier alpha value is -1.44. The normalized spacial score (nSPS) is 15.9. The summed E-state index contributed by atoms with van der Waals surface area (Å²) < 4.78 is 26.4. The molecule has 0 radical (unpaired) electrons. The summed E-state index contributed by atoms with van der Waals surface area (Å²) in [7, 11) is -1.01. The summed E-state index contributed by atoms with van der Waals surface area (Å²) >= 11 is 0. The second-order valence-electron chi connectivity index (χ2n) is 6.02. The highest BCUT2D eigenvalue weighted by Crippen LogP contribution is 2.22. The molecule has 1 aliphatic heterocycles. The van der Waals surface area contributed by atoms with E-state index >= 15 is 0 Å². The Bertz CT molecular complexity index is 669. The van der Waals surface area contributed by atoms with Crippen molar-refractivity contribution in [3.63, 3.8) is 0 Å². The maximum atomic E-state index is 12.1. The van der Waals surface area contributed by atoms with Gasteiger partial charge in [0, 0.05) is 38.8 Å². The molecule has 1 aromatic rings. The maximum absolute atomic E-state index is 12.1. The first-order valence-electron chi connectivity index (χ1n) is 7.31. The van der Waals surface area contributed by atoms with E-state index in [1.54, 1.807) is 12.1 Å². The molecule has 7 heteroatoms. The quantitative estimate of drug-likeness (QED) is 0.896. The molecule has 0 bridgehead atoms. The Morgan fingerprint density at radius 2 is 1.95 bits per heavy atom. The predicted octanol–water partition coefficient (Wildman–Crippen LogP) is 0.989. The zero-order valence-electron chi connectivity index (χ0n) is 13.5. The third-order valence-electron chi connectivity index (χ3n) is 3.94. The summed E-state index contributed by atoms with van der Waals surface area (Å²) in [6.45, 7) is 6.15. The number of nitrogens with zero attached hydrogens (tertiary/aromatic N) is 2. The Morgan fingerprint density at radius 1 is 1.27 bits per heavy atom. The molecule has 1 aliphatic rings. The predicted molar refractivity (Wildman–Crippen MR) is 85.8 cm³/mol. The number of nitrogens with one attached hydrogen (secondary N) is 1. The fourth-order valence-corrected chi connectivity index (χ4v) is 2.96. The molecule has 0 spiro atoms. The Morgan fingerprint density at radius 3 is 2.55 bits per heavy atom. The van der Waals surface area contributed by atoms with Gasteiger partial charge in [0.1, 0.15) is 0 Å². The van der Waals surface area contributed by atoms with Crippen molar-refractivity contribution in [2.75, 3.05) is 20.6 Å². The Labute approximate surface area is 132 Å². The molecular formula is C15H23N3O3S. The van der Waals surface area contributed by atoms with E-state index in [9.17, 15) is 13.2 Å². The average molecular weight is 325 g/mol. The minimum absolute atomic E-state index is 0.377. The van der Waals surface area contributed by atoms with E-state index < -0.39 is 16.1 Å². The molecule has 1 N–H and O–H groups in total. The van der Waals surface area contributed by atoms with Crippen LogP contribution in [0.15, 0.2) is 18.2 Å². The highest BCUT2D eigenvalue weighted by Gasteiger charge is 2.22. The van der Waals surface area contributed by atoms with E-state index in [0.29, 0.717) is 11.6 Å². The van der Waals surface area contributed by atoms with E-state index in [-0.39, 0.29) is 0 Å². The smallest absolute Gasteiger partial charge is 0.296 e. The number of carbonyl (C=O) groups excluding carboxylic acids is 1. The van der Waals surface area contributed by atoms with Gasteiger partial charge >= 0.3 is 10.2 Å². The van der Waals surface area contributed by atoms with Crippen molar-refractivity contribution in [3.8, 4) is 0 Å². The fourth-order valence-electron chi connectivity index (χ4n) is 2.42. The molecule has 0 atom stereocenters. The van der Waals surface area contributed by atoms with E-state index in [2.05, 4.69) is 23.5 Å². The first-order chi connectivity index (χ1) is 10.2. The van der Waals surface area contributed by atoms with Gasteiger partial charge in [-0.1, -0.05) is 6.07 Å². The number of hydrogen-bond acceptors (Lipinski definition) is 4. The zero-order chi connectivity index (χ0) is 16.5. The van der Waals surface area contributed by atoms with Gasteiger partial charge in [0.05, 0.1) is 0 Å². The molecule has 1 heterocycles. The van der Waals surface area contributed by atoms with Crippen molar-refractivity contribution >= 4 is 16.1 Å². The largest absolute Gasteiger partial charge is 0.303 e. The second kappa shape index (κ2) is 6.36. The SMILES string of the molecule is CC(C)N1CCc2cc(C(=O)NS(=O)(=O)N(C)C)ccc2C1. The van der Waals surface area contributed by atoms with Gasteiger partial charge in [-0.25, -0.2) is 4.72 Å². The molecule has 0 unspecified atom stereocenters. The molecule has 0 aromatic heterocycles. The van der Waals surface area contributed by atoms with E-state index in [0.717, 1.165) is 29.4 Å². The fraction of sp³-hybridized carbons (Fsp3) is 0.533. The lowest BCUT2D eigenvalue weighted by molar-refractivity contribution is 0.0979. The second-order valence-corrected chi connectivity index (χ2v) is 7.90. The summed E-state index contributed by atoms with van der Waals surface area (Å²) in [5.41, 5.74) is 2.70. The van der Waals surface area contributed by atoms with Crippen LogP contribution in [-0.2, 0) is 23.2 Å². The number of rotatable bonds is 4. The van der Waals surface area contributed by atoms with Crippen LogP contribution in [-0.4, -0.2) is 50.2 Å². The molecular weight excluding hydrogens is 302 g/mol. The van der Waals surface area contributed by atoms with E-state index in [4.69, 9.17) is 0 Å². The van der Waals surface area contributed by atoms with Crippen LogP contribution in [0.4, 0.5) is 0 Å². The Balaban J connectivity index is 2.17. The van der Waals surface area contributed by atoms with Crippen molar-refractivity contribution in [2.24, 2.45) is 0 Å². The van der Waals surface area contributed by atoms with Crippen LogP contribution >= 0.6 is 0 Å². The molecule has 1 amide bonds. The van der Waals surface area contributed by atoms with Crippen molar-refractivity contribution < 1.29 is 13.2 Å². The molecule has 0 aliphatic carbocycles. The third-order valence-corrected chi connectivity index (χ3v) is 5.35. The van der Waals surface area contributed by atoms with Crippen LogP contribution in [0.1, 0.15) is 35.3 Å². The number of benzene rings is 1. The average Bonchev–Trinajstić information content (AvgIpc) is 2.45. The number of hydrogen-bond donors (Lipinski definition) is 1. The monoisotopic (exact) mass is 325 g/mol. The van der Waals surface area contributed by atoms with Gasteiger partial charge in [0.15, 0.2) is 0 Å². The van der Waals surface area contributed by atoms with Gasteiger partial charge in [-0.05, 0) is 43.5 Å². The molecule has 0 fully saturated rings. The molecule has 0 saturated heterocycles. The minimum atomic E-state index is -3.76. The molecule has 1 aromatic carbocycles. The van der Waals surface area contributed by atoms with Gasteiger partial charge < -0.3 is 0 Å². The minimum Gasteiger partial charge on any atom is -0.296 e. The van der Waals surface area contributed by atoms with E-state index in [1.807, 2.05) is 6.07 Å². The van der Waals surface area contributed by atoms with Gasteiger partial charge in [0.25, 0.3) is 5.91 Å². The van der Waals surface area contributed by atoms with Crippen LogP contribution < -0.4 is 4.72 Å². The molecule has 122 valence electrons. The highest BCUT2D eigenvalue weighted by atomic mass is 32.2. The van der Waals surface area contributed by atoms with Crippen LogP contribution in [0, 0.1) is 0 Å². The number of amides is 1. The van der Waals surface area contributed by atoms with Gasteiger partial charge in [-0.3, -0.25) is 9.69 Å². The summed E-state index contributed by atoms with van der Waals surface area (Å²) in [4.78, 5) is 14.5. The standard InChI is InChI=1S/C15H23N3O3S/c1-11(2)18-8-7-12-9-13(5-6-14(12)10-18)15(19)16-22(20,21)17(3)4/h5-6,9,11H,7-8,10H2,1-4H3,(H,16,19). The topological polar surface area (TPSA) is 69.7 Å². The lowest BCUT2D eigenvalue weighted by Gasteiger charge is -2.32. The van der Waals surface area contributed by atoms with Crippen LogP contribution in [0.25, 0.3) is 0 Å². The summed E-state index contributed by atoms with van der Waals surface area (Å²) in [6, 6.07) is 5.89. The number of carbonyl (C=O) groups is 1. The van der Waals surface area contributed by atoms with Crippen LogP contribution in [0.3, 0.4) is 0 Å². The lowest BCUT2D eigenvalue weighted by atomic mass is 9.96. The zero-order valence-corrected chi connectivity index (χ0v) is 14.3. The van der Waals surface area contributed by atoms with Crippen molar-refractivity contribution in [1.82, 2.24) is 13.9 Å². The number of fused-ring (bicyclic) bond motifs is 1. The summed E-state index contributed by atoms with van der Waals surface area (Å²) in [5.74, 6) is -0.595. The van der Waals surface area contributed by atoms with Gasteiger partial charge in [-0.15, -0.1) is 0 Å². The van der Waals surface area contributed by atoms with Crippen molar-refractivity contribution in [1.29, 1.82) is 0 Å². The maximum Gasteiger partial charge on any atom is 0.303 e. The first-order valence-corrected chi connectivity index (χ1v) is 8.75. The highest BCUT2D eigenvalue weighted by molar-refractivity contribution is 7.87. The first kappa shape index (κ1) is 16.9. The Kier molecular flexibility index (Phi) is 4.89. The molecule has 0 saturated carbocycles. The van der Waals surface area contributed by atoms with Crippen molar-refractivity contribution in [3.05, 3.63) is 34.9 Å².